The summed E-state index contributed by atoms with van der Waals surface area (Å²) in [5, 5.41) is 41.1. The molecular formula is C14H27NO6. The maximum atomic E-state index is 11.6. The van der Waals surface area contributed by atoms with Gasteiger partial charge in [-0.3, -0.25) is 4.79 Å². The summed E-state index contributed by atoms with van der Waals surface area (Å²) in [7, 11) is 0. The van der Waals surface area contributed by atoms with Crippen molar-refractivity contribution < 1.29 is 30.0 Å². The molecule has 0 atom stereocenters. The normalized spacial score (nSPS) is 26.6. The first-order valence-electron chi connectivity index (χ1n) is 7.41. The van der Waals surface area contributed by atoms with Gasteiger partial charge in [0.05, 0.1) is 43.5 Å². The molecule has 1 rings (SSSR count). The number of carbonyl (C=O) groups excluding carboxylic acids is 1. The van der Waals surface area contributed by atoms with E-state index in [4.69, 9.17) is 4.74 Å². The minimum absolute atomic E-state index is 0.143. The van der Waals surface area contributed by atoms with Gasteiger partial charge < -0.3 is 30.5 Å². The molecule has 1 aliphatic carbocycles. The van der Waals surface area contributed by atoms with Crippen LogP contribution in [0.2, 0.25) is 0 Å². The lowest BCUT2D eigenvalue weighted by Crippen LogP contribution is -2.59. The van der Waals surface area contributed by atoms with Crippen molar-refractivity contribution in [2.75, 3.05) is 33.0 Å². The zero-order valence-electron chi connectivity index (χ0n) is 12.5. The number of ether oxygens (including phenoxy) is 1. The molecule has 5 N–H and O–H groups in total. The van der Waals surface area contributed by atoms with Crippen LogP contribution in [0.15, 0.2) is 0 Å². The molecule has 0 heterocycles. The zero-order valence-corrected chi connectivity index (χ0v) is 12.5. The number of carbonyl (C=O) groups is 1. The minimum Gasteiger partial charge on any atom is -0.466 e. The van der Waals surface area contributed by atoms with Gasteiger partial charge in [-0.05, 0) is 32.6 Å². The number of β-amino-alcohol motifs (C(OH)–C–C–N with tert-alkyl or cyclic N) is 1. The van der Waals surface area contributed by atoms with Crippen molar-refractivity contribution >= 4 is 5.97 Å². The summed E-state index contributed by atoms with van der Waals surface area (Å²) < 4.78 is 4.98. The number of aliphatic hydroxyl groups excluding tert-OH is 3. The Morgan fingerprint density at radius 2 is 1.76 bits per heavy atom. The molecule has 1 saturated carbocycles. The number of esters is 1. The van der Waals surface area contributed by atoms with Crippen molar-refractivity contribution in [3.63, 3.8) is 0 Å². The standard InChI is InChI=1S/C14H27NO6/c1-2-21-12(19)11-3-5-14(20,6-4-11)7-15-13(8-16,9-17)10-18/h11,15-18,20H,2-10H2,1H3. The third kappa shape index (κ3) is 4.89. The predicted molar refractivity (Wildman–Crippen MR) is 75.5 cm³/mol. The summed E-state index contributed by atoms with van der Waals surface area (Å²) in [5.74, 6) is -0.397. The number of rotatable bonds is 8. The quantitative estimate of drug-likeness (QED) is 0.356. The van der Waals surface area contributed by atoms with Crippen LogP contribution in [0.1, 0.15) is 32.6 Å². The first-order valence-corrected chi connectivity index (χ1v) is 7.41. The third-order valence-electron chi connectivity index (χ3n) is 4.24. The number of hydrogen-bond donors (Lipinski definition) is 5. The van der Waals surface area contributed by atoms with Gasteiger partial charge in [-0.15, -0.1) is 0 Å². The molecule has 7 heteroatoms. The highest BCUT2D eigenvalue weighted by Crippen LogP contribution is 2.32. The van der Waals surface area contributed by atoms with E-state index in [1.54, 1.807) is 6.92 Å². The van der Waals surface area contributed by atoms with E-state index in [9.17, 15) is 25.2 Å². The van der Waals surface area contributed by atoms with Gasteiger partial charge in [-0.25, -0.2) is 0 Å². The monoisotopic (exact) mass is 305 g/mol. The molecule has 0 spiro atoms. The topological polar surface area (TPSA) is 119 Å². The van der Waals surface area contributed by atoms with Crippen LogP contribution >= 0.6 is 0 Å². The lowest BCUT2D eigenvalue weighted by molar-refractivity contribution is -0.151. The summed E-state index contributed by atoms with van der Waals surface area (Å²) in [5.41, 5.74) is -2.21. The molecular weight excluding hydrogens is 278 g/mol. The summed E-state index contributed by atoms with van der Waals surface area (Å²) in [6, 6.07) is 0. The van der Waals surface area contributed by atoms with Crippen molar-refractivity contribution in [1.29, 1.82) is 0 Å². The van der Waals surface area contributed by atoms with Crippen LogP contribution in [0.5, 0.6) is 0 Å². The van der Waals surface area contributed by atoms with Gasteiger partial charge in [-0.2, -0.15) is 0 Å². The molecule has 0 aromatic rings. The number of aliphatic hydroxyl groups is 4. The molecule has 0 aromatic carbocycles. The fraction of sp³-hybridized carbons (Fsp3) is 0.929. The maximum Gasteiger partial charge on any atom is 0.308 e. The Bertz CT molecular complexity index is 315. The van der Waals surface area contributed by atoms with E-state index in [1.165, 1.54) is 0 Å². The lowest BCUT2D eigenvalue weighted by Gasteiger charge is -2.38. The second kappa shape index (κ2) is 8.05. The van der Waals surface area contributed by atoms with E-state index in [0.29, 0.717) is 32.3 Å². The molecule has 0 aliphatic heterocycles. The molecule has 124 valence electrons. The highest BCUT2D eigenvalue weighted by atomic mass is 16.5. The van der Waals surface area contributed by atoms with Crippen LogP contribution in [0.3, 0.4) is 0 Å². The molecule has 0 saturated heterocycles. The van der Waals surface area contributed by atoms with Crippen molar-refractivity contribution in [3.8, 4) is 0 Å². The van der Waals surface area contributed by atoms with Gasteiger partial charge in [-0.1, -0.05) is 0 Å². The molecule has 0 unspecified atom stereocenters. The number of nitrogens with one attached hydrogen (secondary N) is 1. The van der Waals surface area contributed by atoms with Gasteiger partial charge in [0.1, 0.15) is 0 Å². The van der Waals surface area contributed by atoms with Crippen molar-refractivity contribution in [1.82, 2.24) is 5.32 Å². The Morgan fingerprint density at radius 1 is 1.24 bits per heavy atom. The molecule has 0 aromatic heterocycles. The Balaban J connectivity index is 2.49. The van der Waals surface area contributed by atoms with Crippen molar-refractivity contribution in [2.24, 2.45) is 5.92 Å². The first-order chi connectivity index (χ1) is 9.94. The minimum atomic E-state index is -1.20. The summed E-state index contributed by atoms with van der Waals surface area (Å²) >= 11 is 0. The van der Waals surface area contributed by atoms with Crippen LogP contribution in [-0.4, -0.2) is 70.5 Å². The molecule has 1 fully saturated rings. The van der Waals surface area contributed by atoms with Crippen LogP contribution in [0.4, 0.5) is 0 Å². The Kier molecular flexibility index (Phi) is 7.02. The second-order valence-corrected chi connectivity index (χ2v) is 5.86. The zero-order chi connectivity index (χ0) is 15.9. The molecule has 7 nitrogen and oxygen atoms in total. The lowest BCUT2D eigenvalue weighted by atomic mass is 9.78. The Morgan fingerprint density at radius 3 is 2.19 bits per heavy atom. The summed E-state index contributed by atoms with van der Waals surface area (Å²) in [6.07, 6.45) is 1.95. The highest BCUT2D eigenvalue weighted by molar-refractivity contribution is 5.72. The van der Waals surface area contributed by atoms with E-state index in [1.807, 2.05) is 0 Å². The Labute approximate surface area is 124 Å². The molecule has 21 heavy (non-hydrogen) atoms. The van der Waals surface area contributed by atoms with E-state index < -0.39 is 31.0 Å². The van der Waals surface area contributed by atoms with Crippen LogP contribution < -0.4 is 5.32 Å². The van der Waals surface area contributed by atoms with Crippen LogP contribution in [0, 0.1) is 5.92 Å². The van der Waals surface area contributed by atoms with Crippen LogP contribution in [-0.2, 0) is 9.53 Å². The molecule has 1 aliphatic rings. The number of hydrogen-bond acceptors (Lipinski definition) is 7. The second-order valence-electron chi connectivity index (χ2n) is 5.86. The molecule has 0 amide bonds. The van der Waals surface area contributed by atoms with E-state index in [2.05, 4.69) is 5.32 Å². The largest absolute Gasteiger partial charge is 0.466 e. The van der Waals surface area contributed by atoms with Crippen molar-refractivity contribution in [2.45, 2.75) is 43.7 Å². The third-order valence-corrected chi connectivity index (χ3v) is 4.24. The first kappa shape index (κ1) is 18.3. The average molecular weight is 305 g/mol. The van der Waals surface area contributed by atoms with Crippen molar-refractivity contribution in [3.05, 3.63) is 0 Å². The van der Waals surface area contributed by atoms with E-state index in [-0.39, 0.29) is 18.4 Å². The fourth-order valence-corrected chi connectivity index (χ4v) is 2.50. The van der Waals surface area contributed by atoms with Gasteiger partial charge in [0.2, 0.25) is 0 Å². The SMILES string of the molecule is CCOC(=O)C1CCC(O)(CNC(CO)(CO)CO)CC1. The Hall–Kier alpha value is -0.730. The maximum absolute atomic E-state index is 11.6. The molecule has 0 radical (unpaired) electrons. The smallest absolute Gasteiger partial charge is 0.308 e. The van der Waals surface area contributed by atoms with Gasteiger partial charge >= 0.3 is 5.97 Å². The summed E-state index contributed by atoms with van der Waals surface area (Å²) in [6.45, 7) is 0.973. The van der Waals surface area contributed by atoms with Gasteiger partial charge in [0.15, 0.2) is 0 Å². The predicted octanol–water partition coefficient (Wildman–Crippen LogP) is -1.22. The average Bonchev–Trinajstić information content (AvgIpc) is 2.50. The van der Waals surface area contributed by atoms with Crippen LogP contribution in [0.25, 0.3) is 0 Å². The fourth-order valence-electron chi connectivity index (χ4n) is 2.50. The van der Waals surface area contributed by atoms with E-state index in [0.717, 1.165) is 0 Å². The van der Waals surface area contributed by atoms with Gasteiger partial charge in [0, 0.05) is 6.54 Å². The van der Waals surface area contributed by atoms with Gasteiger partial charge in [0.25, 0.3) is 0 Å². The highest BCUT2D eigenvalue weighted by Gasteiger charge is 2.38. The summed E-state index contributed by atoms with van der Waals surface area (Å²) in [4.78, 5) is 11.6. The van der Waals surface area contributed by atoms with E-state index >= 15 is 0 Å². The molecule has 0 bridgehead atoms.